The molecule has 0 aromatic heterocycles. The maximum absolute atomic E-state index is 13.2. The number of allylic oxidation sites excluding steroid dienone is 3. The maximum Gasteiger partial charge on any atom is 0.337 e. The smallest absolute Gasteiger partial charge is 0.337 e. The van der Waals surface area contributed by atoms with E-state index in [0.717, 1.165) is 5.70 Å². The van der Waals surface area contributed by atoms with Crippen LogP contribution in [0.3, 0.4) is 0 Å². The van der Waals surface area contributed by atoms with E-state index < -0.39 is 11.9 Å². The molecule has 0 bridgehead atoms. The van der Waals surface area contributed by atoms with Crippen LogP contribution in [0.25, 0.3) is 0 Å². The Morgan fingerprint density at radius 3 is 2.57 bits per heavy atom. The molecular formula is C22H25Cl2NO3. The lowest BCUT2D eigenvalue weighted by Crippen LogP contribution is -2.39. The Balaban J connectivity index is 2.23. The number of carbonyl (C=O) groups is 2. The van der Waals surface area contributed by atoms with Crippen LogP contribution in [0.2, 0.25) is 10.0 Å². The summed E-state index contributed by atoms with van der Waals surface area (Å²) < 4.78 is 5.49. The van der Waals surface area contributed by atoms with E-state index >= 15 is 0 Å². The van der Waals surface area contributed by atoms with Gasteiger partial charge in [-0.1, -0.05) is 49.2 Å². The second kappa shape index (κ2) is 7.57. The number of nitrogens with one attached hydrogen (secondary N) is 1. The third-order valence-electron chi connectivity index (χ3n) is 5.09. The van der Waals surface area contributed by atoms with E-state index in [1.807, 2.05) is 13.0 Å². The number of halogens is 2. The fourth-order valence-corrected chi connectivity index (χ4v) is 4.46. The molecule has 0 spiro atoms. The molecule has 0 saturated carbocycles. The summed E-state index contributed by atoms with van der Waals surface area (Å²) in [5.41, 5.74) is 3.01. The number of esters is 1. The lowest BCUT2D eigenvalue weighted by atomic mass is 9.68. The van der Waals surface area contributed by atoms with Gasteiger partial charge < -0.3 is 10.1 Å². The van der Waals surface area contributed by atoms with Gasteiger partial charge in [0.1, 0.15) is 0 Å². The fraction of sp³-hybridized carbons (Fsp3) is 0.455. The number of carbonyl (C=O) groups excluding carboxylic acids is 2. The molecule has 0 radical (unpaired) electrons. The van der Waals surface area contributed by atoms with Crippen LogP contribution in [0.15, 0.2) is 40.7 Å². The van der Waals surface area contributed by atoms with Gasteiger partial charge in [0.25, 0.3) is 0 Å². The second-order valence-electron chi connectivity index (χ2n) is 8.53. The third-order valence-corrected chi connectivity index (χ3v) is 5.93. The lowest BCUT2D eigenvalue weighted by molar-refractivity contribution is -0.143. The molecule has 0 unspecified atom stereocenters. The molecule has 4 nitrogen and oxygen atoms in total. The molecule has 0 fully saturated rings. The van der Waals surface area contributed by atoms with E-state index in [0.29, 0.717) is 45.3 Å². The molecule has 0 saturated heterocycles. The van der Waals surface area contributed by atoms with Crippen molar-refractivity contribution in [2.24, 2.45) is 5.41 Å². The Morgan fingerprint density at radius 2 is 1.93 bits per heavy atom. The summed E-state index contributed by atoms with van der Waals surface area (Å²) in [5, 5.41) is 4.04. The van der Waals surface area contributed by atoms with Crippen molar-refractivity contribution in [3.63, 3.8) is 0 Å². The fourth-order valence-electron chi connectivity index (χ4n) is 4.04. The first-order valence-electron chi connectivity index (χ1n) is 9.40. The summed E-state index contributed by atoms with van der Waals surface area (Å²) in [7, 11) is 0. The Hall–Kier alpha value is -1.78. The highest BCUT2D eigenvalue weighted by Gasteiger charge is 2.43. The molecular weight excluding hydrogens is 397 g/mol. The van der Waals surface area contributed by atoms with Crippen LogP contribution < -0.4 is 5.32 Å². The minimum atomic E-state index is -0.600. The van der Waals surface area contributed by atoms with Crippen molar-refractivity contribution in [2.45, 2.75) is 59.5 Å². The standard InChI is InChI=1S/C22H25Cl2NO3/c1-11(2)28-21(27)17-12(3)25-15-9-22(4,5)10-16(26)19(15)18(17)13-7-6-8-14(23)20(13)24/h6-8,11,18,25H,9-10H2,1-5H3/t18-/m0/s1. The number of ether oxygens (including phenoxy) is 1. The number of hydrogen-bond donors (Lipinski definition) is 1. The molecule has 1 aromatic rings. The first-order valence-corrected chi connectivity index (χ1v) is 10.2. The van der Waals surface area contributed by atoms with Crippen molar-refractivity contribution in [3.05, 3.63) is 56.3 Å². The molecule has 28 heavy (non-hydrogen) atoms. The van der Waals surface area contributed by atoms with Gasteiger partial charge >= 0.3 is 5.97 Å². The minimum absolute atomic E-state index is 0.0159. The van der Waals surface area contributed by atoms with Crippen LogP contribution in [-0.2, 0) is 14.3 Å². The molecule has 1 atom stereocenters. The zero-order valence-corrected chi connectivity index (χ0v) is 18.3. The number of rotatable bonds is 3. The average molecular weight is 422 g/mol. The normalized spacial score (nSPS) is 21.6. The van der Waals surface area contributed by atoms with Crippen LogP contribution in [-0.4, -0.2) is 17.9 Å². The SMILES string of the molecule is CC1=C(C(=O)OC(C)C)[C@H](c2cccc(Cl)c2Cl)C2=C(CC(C)(C)CC2=O)N1. The molecule has 3 rings (SSSR count). The zero-order chi connectivity index (χ0) is 20.8. The van der Waals surface area contributed by atoms with E-state index in [-0.39, 0.29) is 17.3 Å². The van der Waals surface area contributed by atoms with Gasteiger partial charge in [-0.05, 0) is 44.2 Å². The van der Waals surface area contributed by atoms with Gasteiger partial charge in [-0.25, -0.2) is 4.79 Å². The highest BCUT2D eigenvalue weighted by atomic mass is 35.5. The van der Waals surface area contributed by atoms with Crippen molar-refractivity contribution in [2.75, 3.05) is 0 Å². The van der Waals surface area contributed by atoms with Crippen molar-refractivity contribution in [3.8, 4) is 0 Å². The number of benzene rings is 1. The molecule has 1 heterocycles. The van der Waals surface area contributed by atoms with Crippen LogP contribution in [0.1, 0.15) is 58.9 Å². The predicted octanol–water partition coefficient (Wildman–Crippen LogP) is 5.55. The molecule has 150 valence electrons. The van der Waals surface area contributed by atoms with Gasteiger partial charge in [0.2, 0.25) is 0 Å². The summed E-state index contributed by atoms with van der Waals surface area (Å²) in [6, 6.07) is 5.29. The molecule has 0 amide bonds. The summed E-state index contributed by atoms with van der Waals surface area (Å²) in [6.45, 7) is 9.56. The van der Waals surface area contributed by atoms with Crippen molar-refractivity contribution < 1.29 is 14.3 Å². The Labute approximate surface area is 175 Å². The average Bonchev–Trinajstić information content (AvgIpc) is 2.54. The minimum Gasteiger partial charge on any atom is -0.460 e. The van der Waals surface area contributed by atoms with Gasteiger partial charge in [-0.3, -0.25) is 4.79 Å². The Morgan fingerprint density at radius 1 is 1.25 bits per heavy atom. The van der Waals surface area contributed by atoms with Crippen molar-refractivity contribution in [1.29, 1.82) is 0 Å². The van der Waals surface area contributed by atoms with E-state index in [2.05, 4.69) is 19.2 Å². The predicted molar refractivity (Wildman–Crippen MR) is 111 cm³/mol. The zero-order valence-electron chi connectivity index (χ0n) is 16.8. The quantitative estimate of drug-likeness (QED) is 0.649. The molecule has 1 aliphatic heterocycles. The topological polar surface area (TPSA) is 55.4 Å². The van der Waals surface area contributed by atoms with Crippen LogP contribution in [0.4, 0.5) is 0 Å². The Kier molecular flexibility index (Phi) is 5.66. The maximum atomic E-state index is 13.2. The van der Waals surface area contributed by atoms with Gasteiger partial charge in [0.05, 0.1) is 21.7 Å². The summed E-state index contributed by atoms with van der Waals surface area (Å²) in [6.07, 6.45) is 0.847. The summed E-state index contributed by atoms with van der Waals surface area (Å²) in [4.78, 5) is 26.1. The second-order valence-corrected chi connectivity index (χ2v) is 9.31. The highest BCUT2D eigenvalue weighted by Crippen LogP contribution is 2.48. The Bertz CT molecular complexity index is 912. The molecule has 1 aliphatic carbocycles. The van der Waals surface area contributed by atoms with Crippen molar-refractivity contribution in [1.82, 2.24) is 5.32 Å². The van der Waals surface area contributed by atoms with E-state index in [1.165, 1.54) is 0 Å². The van der Waals surface area contributed by atoms with Gasteiger partial charge in [-0.2, -0.15) is 0 Å². The van der Waals surface area contributed by atoms with Gasteiger partial charge in [0.15, 0.2) is 5.78 Å². The van der Waals surface area contributed by atoms with Crippen LogP contribution >= 0.6 is 23.2 Å². The number of hydrogen-bond acceptors (Lipinski definition) is 4. The molecule has 6 heteroatoms. The monoisotopic (exact) mass is 421 g/mol. The van der Waals surface area contributed by atoms with Gasteiger partial charge in [0, 0.05) is 29.3 Å². The van der Waals surface area contributed by atoms with Gasteiger partial charge in [-0.15, -0.1) is 0 Å². The first-order chi connectivity index (χ1) is 13.0. The number of ketones is 1. The van der Waals surface area contributed by atoms with Crippen LogP contribution in [0.5, 0.6) is 0 Å². The van der Waals surface area contributed by atoms with Crippen molar-refractivity contribution >= 4 is 35.0 Å². The lowest BCUT2D eigenvalue weighted by Gasteiger charge is -2.39. The largest absolute Gasteiger partial charge is 0.460 e. The summed E-state index contributed by atoms with van der Waals surface area (Å²) in [5.74, 6) is -1.04. The summed E-state index contributed by atoms with van der Waals surface area (Å²) >= 11 is 12.8. The third kappa shape index (κ3) is 3.85. The molecule has 2 aliphatic rings. The first kappa shape index (κ1) is 20.9. The number of dihydropyridines is 1. The van der Waals surface area contributed by atoms with E-state index in [1.54, 1.807) is 26.0 Å². The van der Waals surface area contributed by atoms with Crippen LogP contribution in [0, 0.1) is 5.41 Å². The molecule has 1 aromatic carbocycles. The molecule has 1 N–H and O–H groups in total. The highest BCUT2D eigenvalue weighted by molar-refractivity contribution is 6.42. The van der Waals surface area contributed by atoms with E-state index in [4.69, 9.17) is 27.9 Å². The number of Topliss-reactive ketones (excluding diaryl/α,β-unsaturated/α-hetero) is 1. The van der Waals surface area contributed by atoms with E-state index in [9.17, 15) is 9.59 Å².